The van der Waals surface area contributed by atoms with Crippen LogP contribution >= 0.6 is 0 Å². The van der Waals surface area contributed by atoms with Crippen LogP contribution in [0.15, 0.2) is 12.2 Å². The van der Waals surface area contributed by atoms with E-state index in [1.165, 1.54) is 154 Å². The standard InChI is InChI=1S/C59H108O12/c1-4-7-10-13-16-19-22-24-25-26-27-29-32-35-38-41-44-47-53(62)70-57-55(64)54(63)56(58(65)66)71-59(57)68-49-50(69-52(61)46-43-40-37-34-30-21-18-15-12-9-6-3)48-67-51(60)45-42-39-36-33-31-28-23-20-17-14-11-8-5-2/h20,23,50,54-57,59,63-64H,4-19,21-22,24-49H2,1-3H3,(H,65,66)/b23-20-. The summed E-state index contributed by atoms with van der Waals surface area (Å²) in [4.78, 5) is 51.0. The van der Waals surface area contributed by atoms with Crippen molar-refractivity contribution < 1.29 is 58.2 Å². The van der Waals surface area contributed by atoms with Gasteiger partial charge in [-0.3, -0.25) is 14.4 Å². The minimum Gasteiger partial charge on any atom is -0.479 e. The average molecular weight is 1010 g/mol. The Balaban J connectivity index is 2.65. The Bertz CT molecular complexity index is 1290. The number of allylic oxidation sites excluding steroid dienone is 2. The van der Waals surface area contributed by atoms with Gasteiger partial charge in [-0.1, -0.05) is 238 Å². The molecule has 1 saturated heterocycles. The maximum atomic E-state index is 13.1. The lowest BCUT2D eigenvalue weighted by Crippen LogP contribution is -2.61. The molecule has 1 heterocycles. The van der Waals surface area contributed by atoms with Gasteiger partial charge >= 0.3 is 23.9 Å². The summed E-state index contributed by atoms with van der Waals surface area (Å²) in [6.07, 6.45) is 40.4. The van der Waals surface area contributed by atoms with Crippen molar-refractivity contribution in [3.8, 4) is 0 Å². The molecule has 0 amide bonds. The van der Waals surface area contributed by atoms with E-state index in [9.17, 15) is 34.5 Å². The summed E-state index contributed by atoms with van der Waals surface area (Å²) >= 11 is 0. The molecule has 0 aliphatic carbocycles. The van der Waals surface area contributed by atoms with Crippen LogP contribution in [0.4, 0.5) is 0 Å². The molecule has 0 aromatic heterocycles. The highest BCUT2D eigenvalue weighted by Gasteiger charge is 2.50. The van der Waals surface area contributed by atoms with E-state index in [4.69, 9.17) is 23.7 Å². The van der Waals surface area contributed by atoms with Gasteiger partial charge in [-0.25, -0.2) is 4.79 Å². The Morgan fingerprint density at radius 3 is 1.21 bits per heavy atom. The zero-order valence-electron chi connectivity index (χ0n) is 45.7. The third kappa shape index (κ3) is 38.7. The van der Waals surface area contributed by atoms with Crippen LogP contribution in [0.3, 0.4) is 0 Å². The molecule has 71 heavy (non-hydrogen) atoms. The van der Waals surface area contributed by atoms with Crippen LogP contribution in [0.1, 0.15) is 290 Å². The number of carbonyl (C=O) groups is 4. The van der Waals surface area contributed by atoms with E-state index in [2.05, 4.69) is 32.9 Å². The second-order valence-corrected chi connectivity index (χ2v) is 20.6. The van der Waals surface area contributed by atoms with Crippen LogP contribution < -0.4 is 0 Å². The summed E-state index contributed by atoms with van der Waals surface area (Å²) in [6, 6.07) is 0. The molecule has 3 N–H and O–H groups in total. The Morgan fingerprint density at radius 1 is 0.451 bits per heavy atom. The van der Waals surface area contributed by atoms with Crippen molar-refractivity contribution in [1.29, 1.82) is 0 Å². The van der Waals surface area contributed by atoms with Crippen LogP contribution in [-0.4, -0.2) is 89.2 Å². The lowest BCUT2D eigenvalue weighted by Gasteiger charge is -2.40. The van der Waals surface area contributed by atoms with Crippen molar-refractivity contribution in [2.75, 3.05) is 13.2 Å². The number of aliphatic hydroxyl groups excluding tert-OH is 2. The van der Waals surface area contributed by atoms with Gasteiger partial charge in [-0.05, 0) is 44.9 Å². The fraction of sp³-hybridized carbons (Fsp3) is 0.898. The molecule has 0 spiro atoms. The van der Waals surface area contributed by atoms with Gasteiger partial charge in [0.05, 0.1) is 6.61 Å². The van der Waals surface area contributed by atoms with Crippen molar-refractivity contribution in [3.63, 3.8) is 0 Å². The smallest absolute Gasteiger partial charge is 0.335 e. The highest BCUT2D eigenvalue weighted by atomic mass is 16.7. The number of esters is 3. The molecule has 0 aromatic rings. The van der Waals surface area contributed by atoms with Crippen molar-refractivity contribution in [2.24, 2.45) is 0 Å². The summed E-state index contributed by atoms with van der Waals surface area (Å²) in [5, 5.41) is 31.4. The van der Waals surface area contributed by atoms with E-state index >= 15 is 0 Å². The van der Waals surface area contributed by atoms with Crippen LogP contribution in [0, 0.1) is 0 Å². The maximum Gasteiger partial charge on any atom is 0.335 e. The number of hydrogen-bond donors (Lipinski definition) is 3. The van der Waals surface area contributed by atoms with Crippen molar-refractivity contribution in [2.45, 2.75) is 327 Å². The number of aliphatic hydroxyl groups is 2. The summed E-state index contributed by atoms with van der Waals surface area (Å²) < 4.78 is 28.4. The summed E-state index contributed by atoms with van der Waals surface area (Å²) in [5.41, 5.74) is 0. The Morgan fingerprint density at radius 2 is 0.803 bits per heavy atom. The van der Waals surface area contributed by atoms with Crippen molar-refractivity contribution in [3.05, 3.63) is 12.2 Å². The summed E-state index contributed by atoms with van der Waals surface area (Å²) in [5.74, 6) is -3.09. The molecule has 416 valence electrons. The molecule has 12 heteroatoms. The van der Waals surface area contributed by atoms with Gasteiger partial charge in [0, 0.05) is 19.3 Å². The van der Waals surface area contributed by atoms with E-state index < -0.39 is 67.3 Å². The van der Waals surface area contributed by atoms with Crippen LogP contribution in [0.5, 0.6) is 0 Å². The highest BCUT2D eigenvalue weighted by Crippen LogP contribution is 2.27. The minimum absolute atomic E-state index is 0.0683. The maximum absolute atomic E-state index is 13.1. The molecule has 1 aliphatic rings. The predicted octanol–water partition coefficient (Wildman–Crippen LogP) is 14.9. The average Bonchev–Trinajstić information content (AvgIpc) is 3.35. The molecule has 0 saturated carbocycles. The molecular formula is C59H108O12. The molecule has 6 atom stereocenters. The third-order valence-electron chi connectivity index (χ3n) is 13.8. The molecule has 1 aliphatic heterocycles. The lowest BCUT2D eigenvalue weighted by atomic mass is 9.98. The lowest BCUT2D eigenvalue weighted by molar-refractivity contribution is -0.301. The number of carboxylic acid groups (broad SMARTS) is 1. The minimum atomic E-state index is -1.90. The molecule has 1 rings (SSSR count). The van der Waals surface area contributed by atoms with Gasteiger partial charge in [-0.15, -0.1) is 0 Å². The second-order valence-electron chi connectivity index (χ2n) is 20.6. The number of rotatable bonds is 51. The summed E-state index contributed by atoms with van der Waals surface area (Å²) in [6.45, 7) is 5.99. The topological polar surface area (TPSA) is 175 Å². The van der Waals surface area contributed by atoms with Gasteiger partial charge in [0.2, 0.25) is 0 Å². The van der Waals surface area contributed by atoms with Crippen molar-refractivity contribution >= 4 is 23.9 Å². The predicted molar refractivity (Wildman–Crippen MR) is 285 cm³/mol. The Hall–Kier alpha value is -2.54. The number of hydrogen-bond acceptors (Lipinski definition) is 11. The van der Waals surface area contributed by atoms with Gasteiger partial charge in [-0.2, -0.15) is 0 Å². The first kappa shape index (κ1) is 66.5. The van der Waals surface area contributed by atoms with Crippen LogP contribution in [-0.2, 0) is 42.9 Å². The number of ether oxygens (including phenoxy) is 5. The van der Waals surface area contributed by atoms with E-state index in [1.807, 2.05) is 0 Å². The molecule has 0 aromatic carbocycles. The molecule has 6 unspecified atom stereocenters. The fourth-order valence-corrected chi connectivity index (χ4v) is 9.25. The van der Waals surface area contributed by atoms with Crippen LogP contribution in [0.2, 0.25) is 0 Å². The highest BCUT2D eigenvalue weighted by molar-refractivity contribution is 5.74. The van der Waals surface area contributed by atoms with Gasteiger partial charge in [0.25, 0.3) is 0 Å². The van der Waals surface area contributed by atoms with Gasteiger partial charge in [0.15, 0.2) is 24.6 Å². The first-order valence-corrected chi connectivity index (χ1v) is 29.7. The van der Waals surface area contributed by atoms with Gasteiger partial charge < -0.3 is 39.0 Å². The zero-order valence-corrected chi connectivity index (χ0v) is 45.7. The third-order valence-corrected chi connectivity index (χ3v) is 13.8. The quantitative estimate of drug-likeness (QED) is 0.0228. The van der Waals surface area contributed by atoms with E-state index in [0.717, 1.165) is 77.0 Å². The fourth-order valence-electron chi connectivity index (χ4n) is 9.25. The SMILES string of the molecule is CCCCCC/C=C\CCCCCCCC(=O)OCC(COC1OC(C(=O)O)C(O)C(O)C1OC(=O)CCCCCCCCCCCCCCCCCCC)OC(=O)CCCCCCCCCCCCC. The monoisotopic (exact) mass is 1010 g/mol. The first-order chi connectivity index (χ1) is 34.6. The van der Waals surface area contributed by atoms with E-state index in [-0.39, 0.29) is 25.9 Å². The summed E-state index contributed by atoms with van der Waals surface area (Å²) in [7, 11) is 0. The molecule has 1 fully saturated rings. The largest absolute Gasteiger partial charge is 0.479 e. The van der Waals surface area contributed by atoms with Crippen LogP contribution in [0.25, 0.3) is 0 Å². The molecule has 12 nitrogen and oxygen atoms in total. The Labute approximate surface area is 433 Å². The number of carbonyl (C=O) groups excluding carboxylic acids is 3. The Kier molecular flexibility index (Phi) is 45.3. The number of unbranched alkanes of at least 4 members (excludes halogenated alkanes) is 35. The molecule has 0 radical (unpaired) electrons. The molecular weight excluding hydrogens is 901 g/mol. The van der Waals surface area contributed by atoms with Gasteiger partial charge in [0.1, 0.15) is 18.8 Å². The van der Waals surface area contributed by atoms with E-state index in [0.29, 0.717) is 19.3 Å². The number of carboxylic acids is 1. The van der Waals surface area contributed by atoms with E-state index in [1.54, 1.807) is 0 Å². The second kappa shape index (κ2) is 48.4. The normalized spacial score (nSPS) is 18.5. The molecule has 0 bridgehead atoms. The number of aliphatic carboxylic acids is 1. The van der Waals surface area contributed by atoms with Crippen molar-refractivity contribution in [1.82, 2.24) is 0 Å². The zero-order chi connectivity index (χ0) is 51.8. The first-order valence-electron chi connectivity index (χ1n) is 29.7.